The molecule has 2 heterocycles. The minimum atomic E-state index is -0.425. The standard InChI is InChI=1S/C28H29FN2O3S/c1-19-5-4-6-21(15-19)28(33)30(16-20-9-10-20)17-27(32)31-13-11-26-22(12-14-35-26)24(31)18-34-25-8-3-2-7-23(25)29/h2-8,12,14-15,20,24H,9-11,13,16-18H2,1H3/t24-/m0/s1. The Morgan fingerprint density at radius 3 is 2.74 bits per heavy atom. The summed E-state index contributed by atoms with van der Waals surface area (Å²) in [6, 6.07) is 15.5. The minimum absolute atomic E-state index is 0.0267. The molecule has 5 nitrogen and oxygen atoms in total. The van der Waals surface area contributed by atoms with E-state index in [0.717, 1.165) is 30.4 Å². The summed E-state index contributed by atoms with van der Waals surface area (Å²) in [7, 11) is 0. The zero-order chi connectivity index (χ0) is 24.4. The molecule has 35 heavy (non-hydrogen) atoms. The molecule has 0 radical (unpaired) electrons. The van der Waals surface area contributed by atoms with Crippen molar-refractivity contribution in [1.29, 1.82) is 0 Å². The van der Waals surface area contributed by atoms with E-state index in [2.05, 4.69) is 0 Å². The number of carbonyl (C=O) groups excluding carboxylic acids is 2. The molecule has 1 saturated carbocycles. The predicted molar refractivity (Wildman–Crippen MR) is 134 cm³/mol. The molecule has 0 spiro atoms. The first kappa shape index (κ1) is 23.5. The molecular formula is C28H29FN2O3S. The van der Waals surface area contributed by atoms with Gasteiger partial charge in [0.1, 0.15) is 13.2 Å². The summed E-state index contributed by atoms with van der Waals surface area (Å²) in [6.07, 6.45) is 2.95. The Kier molecular flexibility index (Phi) is 6.86. The molecule has 1 aliphatic carbocycles. The van der Waals surface area contributed by atoms with Gasteiger partial charge in [-0.25, -0.2) is 4.39 Å². The maximum absolute atomic E-state index is 14.2. The van der Waals surface area contributed by atoms with Crippen molar-refractivity contribution in [3.8, 4) is 5.75 Å². The lowest BCUT2D eigenvalue weighted by atomic mass is 10.00. The van der Waals surface area contributed by atoms with Crippen LogP contribution in [0, 0.1) is 18.7 Å². The van der Waals surface area contributed by atoms with Gasteiger partial charge in [-0.2, -0.15) is 0 Å². The summed E-state index contributed by atoms with van der Waals surface area (Å²) in [4.78, 5) is 31.7. The van der Waals surface area contributed by atoms with E-state index in [1.54, 1.807) is 39.3 Å². The SMILES string of the molecule is Cc1cccc(C(=O)N(CC(=O)N2CCc3sccc3[C@@H]2COc2ccccc2F)CC2CC2)c1. The van der Waals surface area contributed by atoms with Gasteiger partial charge in [-0.15, -0.1) is 11.3 Å². The molecule has 1 aliphatic heterocycles. The van der Waals surface area contributed by atoms with Crippen LogP contribution < -0.4 is 4.74 Å². The Morgan fingerprint density at radius 1 is 1.14 bits per heavy atom. The third-order valence-electron chi connectivity index (χ3n) is 6.70. The van der Waals surface area contributed by atoms with Crippen LogP contribution >= 0.6 is 11.3 Å². The summed E-state index contributed by atoms with van der Waals surface area (Å²) in [5.74, 6) is -0.00752. The lowest BCUT2D eigenvalue weighted by Crippen LogP contribution is -2.48. The summed E-state index contributed by atoms with van der Waals surface area (Å²) in [5, 5.41) is 2.02. The zero-order valence-corrected chi connectivity index (χ0v) is 20.6. The Hall–Kier alpha value is -3.19. The van der Waals surface area contributed by atoms with Crippen LogP contribution in [0.3, 0.4) is 0 Å². The number of rotatable bonds is 8. The molecule has 2 aliphatic rings. The fourth-order valence-corrected chi connectivity index (χ4v) is 5.58. The highest BCUT2D eigenvalue weighted by Gasteiger charge is 2.35. The molecule has 5 rings (SSSR count). The first-order valence-corrected chi connectivity index (χ1v) is 13.0. The highest BCUT2D eigenvalue weighted by atomic mass is 32.1. The smallest absolute Gasteiger partial charge is 0.254 e. The van der Waals surface area contributed by atoms with Crippen LogP contribution in [-0.2, 0) is 11.2 Å². The molecule has 3 aromatic rings. The average molecular weight is 493 g/mol. The number of fused-ring (bicyclic) bond motifs is 1. The molecule has 1 atom stereocenters. The summed E-state index contributed by atoms with van der Waals surface area (Å²) in [5.41, 5.74) is 2.67. The number of hydrogen-bond donors (Lipinski definition) is 0. The molecule has 0 N–H and O–H groups in total. The van der Waals surface area contributed by atoms with Crippen LogP contribution in [0.2, 0.25) is 0 Å². The van der Waals surface area contributed by atoms with Crippen LogP contribution in [0.25, 0.3) is 0 Å². The van der Waals surface area contributed by atoms with E-state index in [4.69, 9.17) is 4.74 Å². The lowest BCUT2D eigenvalue weighted by molar-refractivity contribution is -0.135. The molecule has 182 valence electrons. The summed E-state index contributed by atoms with van der Waals surface area (Å²) >= 11 is 1.67. The van der Waals surface area contributed by atoms with Gasteiger partial charge in [-0.1, -0.05) is 29.8 Å². The van der Waals surface area contributed by atoms with Crippen molar-refractivity contribution in [2.24, 2.45) is 5.92 Å². The Bertz CT molecular complexity index is 1220. The van der Waals surface area contributed by atoms with E-state index in [0.29, 0.717) is 24.6 Å². The van der Waals surface area contributed by atoms with Crippen molar-refractivity contribution in [2.45, 2.75) is 32.2 Å². The fourth-order valence-electron chi connectivity index (χ4n) is 4.65. The van der Waals surface area contributed by atoms with Crippen LogP contribution in [0.15, 0.2) is 60.0 Å². The molecule has 2 amide bonds. The Balaban J connectivity index is 1.35. The van der Waals surface area contributed by atoms with E-state index in [-0.39, 0.29) is 36.8 Å². The lowest BCUT2D eigenvalue weighted by Gasteiger charge is -2.37. The van der Waals surface area contributed by atoms with Crippen molar-refractivity contribution in [3.63, 3.8) is 0 Å². The Labute approximate surface area is 209 Å². The average Bonchev–Trinajstić information content (AvgIpc) is 3.54. The first-order chi connectivity index (χ1) is 17.0. The number of nitrogens with zero attached hydrogens (tertiary/aromatic N) is 2. The van der Waals surface area contributed by atoms with Crippen molar-refractivity contribution >= 4 is 23.2 Å². The number of amides is 2. The largest absolute Gasteiger partial charge is 0.488 e. The second-order valence-corrected chi connectivity index (χ2v) is 10.4. The maximum Gasteiger partial charge on any atom is 0.254 e. The van der Waals surface area contributed by atoms with E-state index in [9.17, 15) is 14.0 Å². The number of benzene rings is 2. The zero-order valence-electron chi connectivity index (χ0n) is 19.8. The number of ether oxygens (including phenoxy) is 1. The van der Waals surface area contributed by atoms with Crippen molar-refractivity contribution in [3.05, 3.63) is 87.4 Å². The van der Waals surface area contributed by atoms with Crippen molar-refractivity contribution in [2.75, 3.05) is 26.2 Å². The molecule has 1 aromatic heterocycles. The monoisotopic (exact) mass is 492 g/mol. The van der Waals surface area contributed by atoms with Gasteiger partial charge in [0.15, 0.2) is 11.6 Å². The fraction of sp³-hybridized carbons (Fsp3) is 0.357. The number of halogens is 1. The van der Waals surface area contributed by atoms with Gasteiger partial charge >= 0.3 is 0 Å². The third-order valence-corrected chi connectivity index (χ3v) is 7.70. The highest BCUT2D eigenvalue weighted by molar-refractivity contribution is 7.10. The van der Waals surface area contributed by atoms with Gasteiger partial charge in [0, 0.05) is 23.5 Å². The molecule has 1 fully saturated rings. The number of carbonyl (C=O) groups is 2. The molecule has 0 bridgehead atoms. The summed E-state index contributed by atoms with van der Waals surface area (Å²) in [6.45, 7) is 3.28. The first-order valence-electron chi connectivity index (χ1n) is 12.1. The van der Waals surface area contributed by atoms with Gasteiger partial charge in [0.2, 0.25) is 5.91 Å². The third kappa shape index (κ3) is 5.40. The normalized spacial score (nSPS) is 17.1. The highest BCUT2D eigenvalue weighted by Crippen LogP contribution is 2.35. The van der Waals surface area contributed by atoms with Crippen molar-refractivity contribution in [1.82, 2.24) is 9.80 Å². The maximum atomic E-state index is 14.2. The van der Waals surface area contributed by atoms with E-state index in [1.165, 1.54) is 10.9 Å². The minimum Gasteiger partial charge on any atom is -0.488 e. The number of para-hydroxylation sites is 1. The predicted octanol–water partition coefficient (Wildman–Crippen LogP) is 5.25. The van der Waals surface area contributed by atoms with E-state index in [1.807, 2.05) is 42.6 Å². The van der Waals surface area contributed by atoms with E-state index >= 15 is 0 Å². The topological polar surface area (TPSA) is 49.9 Å². The number of thiophene rings is 1. The molecule has 7 heteroatoms. The molecule has 0 saturated heterocycles. The van der Waals surface area contributed by atoms with Gasteiger partial charge < -0.3 is 14.5 Å². The number of aryl methyl sites for hydroxylation is 1. The second-order valence-electron chi connectivity index (χ2n) is 9.39. The Morgan fingerprint density at radius 2 is 1.97 bits per heavy atom. The second kappa shape index (κ2) is 10.2. The number of hydrogen-bond acceptors (Lipinski definition) is 4. The van der Waals surface area contributed by atoms with Gasteiger partial charge in [0.25, 0.3) is 5.91 Å². The van der Waals surface area contributed by atoms with Crippen LogP contribution in [-0.4, -0.2) is 47.9 Å². The van der Waals surface area contributed by atoms with Gasteiger partial charge in [-0.05, 0) is 73.4 Å². The van der Waals surface area contributed by atoms with Crippen LogP contribution in [0.1, 0.15) is 45.2 Å². The summed E-state index contributed by atoms with van der Waals surface area (Å²) < 4.78 is 20.0. The molecule has 0 unspecified atom stereocenters. The van der Waals surface area contributed by atoms with Crippen molar-refractivity contribution < 1.29 is 18.7 Å². The quantitative estimate of drug-likeness (QED) is 0.431. The van der Waals surface area contributed by atoms with E-state index < -0.39 is 5.82 Å². The van der Waals surface area contributed by atoms with Gasteiger partial charge in [0.05, 0.1) is 6.04 Å². The van der Waals surface area contributed by atoms with Crippen LogP contribution in [0.5, 0.6) is 5.75 Å². The molecule has 2 aromatic carbocycles. The van der Waals surface area contributed by atoms with Gasteiger partial charge in [-0.3, -0.25) is 9.59 Å². The molecular weight excluding hydrogens is 463 g/mol. The van der Waals surface area contributed by atoms with Crippen LogP contribution in [0.4, 0.5) is 4.39 Å².